The van der Waals surface area contributed by atoms with Gasteiger partial charge >= 0.3 is 18.1 Å². The molecule has 0 spiro atoms. The third kappa shape index (κ3) is 2.99. The maximum Gasteiger partial charge on any atom is 0.459 e. The number of nitrogens with zero attached hydrogens (tertiary/aromatic N) is 3. The first-order valence-electron chi connectivity index (χ1n) is 8.62. The molecule has 2 aromatic carbocycles. The van der Waals surface area contributed by atoms with E-state index in [-0.39, 0.29) is 28.2 Å². The number of esters is 1. The lowest BCUT2D eigenvalue weighted by molar-refractivity contribution is -0.250. The molecule has 1 atom stereocenters. The van der Waals surface area contributed by atoms with Gasteiger partial charge in [-0.2, -0.15) is 22.0 Å². The highest BCUT2D eigenvalue weighted by Crippen LogP contribution is 2.46. The summed E-state index contributed by atoms with van der Waals surface area (Å²) in [4.78, 5) is 24.7. The van der Waals surface area contributed by atoms with Crippen LogP contribution in [0, 0.1) is 0 Å². The average molecular weight is 421 g/mol. The van der Waals surface area contributed by atoms with Gasteiger partial charge in [0.1, 0.15) is 11.6 Å². The summed E-state index contributed by atoms with van der Waals surface area (Å²) in [6.45, 7) is 0. The number of aromatic nitrogens is 2. The van der Waals surface area contributed by atoms with Crippen LogP contribution in [0.15, 0.2) is 53.5 Å². The van der Waals surface area contributed by atoms with Crippen LogP contribution < -0.4 is 0 Å². The Labute approximate surface area is 166 Å². The Bertz CT molecular complexity index is 1190. The van der Waals surface area contributed by atoms with E-state index in [2.05, 4.69) is 19.7 Å². The van der Waals surface area contributed by atoms with Crippen molar-refractivity contribution < 1.29 is 31.5 Å². The Hall–Kier alpha value is -3.43. The van der Waals surface area contributed by atoms with Gasteiger partial charge in [-0.3, -0.25) is 4.79 Å². The summed E-state index contributed by atoms with van der Waals surface area (Å²) in [5, 5.41) is 0. The maximum absolute atomic E-state index is 14.5. The summed E-state index contributed by atoms with van der Waals surface area (Å²) in [6.07, 6.45) is -5.98. The van der Waals surface area contributed by atoms with Crippen LogP contribution in [0.2, 0.25) is 0 Å². The number of methoxy groups -OCH3 is 1. The van der Waals surface area contributed by atoms with Crippen LogP contribution in [0.3, 0.4) is 0 Å². The molecule has 0 aliphatic carbocycles. The van der Waals surface area contributed by atoms with Crippen molar-refractivity contribution >= 4 is 28.4 Å². The van der Waals surface area contributed by atoms with Gasteiger partial charge in [-0.1, -0.05) is 30.3 Å². The third-order valence-electron chi connectivity index (χ3n) is 4.66. The predicted octanol–water partition coefficient (Wildman–Crippen LogP) is 4.84. The number of fused-ring (bicyclic) bond motifs is 4. The van der Waals surface area contributed by atoms with Crippen molar-refractivity contribution in [2.45, 2.75) is 18.0 Å². The SMILES string of the molecule is COC(=O)C1C(C(F)(F)C(F)(F)F)=Nc2ccccc2-c2nc3ccccc3nc21. The van der Waals surface area contributed by atoms with Crippen LogP contribution >= 0.6 is 0 Å². The molecule has 154 valence electrons. The van der Waals surface area contributed by atoms with Crippen LogP contribution in [-0.2, 0) is 9.53 Å². The highest BCUT2D eigenvalue weighted by molar-refractivity contribution is 6.14. The zero-order valence-corrected chi connectivity index (χ0v) is 15.2. The molecule has 2 heterocycles. The van der Waals surface area contributed by atoms with Gasteiger partial charge in [-0.05, 0) is 18.2 Å². The van der Waals surface area contributed by atoms with Crippen molar-refractivity contribution in [3.63, 3.8) is 0 Å². The van der Waals surface area contributed by atoms with Crippen molar-refractivity contribution in [1.29, 1.82) is 0 Å². The first-order valence-corrected chi connectivity index (χ1v) is 8.62. The quantitative estimate of drug-likeness (QED) is 0.439. The molecule has 3 aromatic rings. The molecule has 5 nitrogen and oxygen atoms in total. The smallest absolute Gasteiger partial charge is 0.459 e. The fraction of sp³-hybridized carbons (Fsp3) is 0.200. The standard InChI is InChI=1S/C20H12F5N3O2/c1-30-18(29)14-16-15(26-12-8-4-5-9-13(12)27-16)10-6-2-3-7-11(10)28-17(14)19(21,22)20(23,24)25/h2-9,14H,1H3. The number of carbonyl (C=O) groups is 1. The van der Waals surface area contributed by atoms with Crippen molar-refractivity contribution in [1.82, 2.24) is 9.97 Å². The molecule has 0 radical (unpaired) electrons. The molecule has 0 N–H and O–H groups in total. The molecule has 0 amide bonds. The molecular formula is C20H12F5N3O2. The van der Waals surface area contributed by atoms with Crippen LogP contribution in [0.4, 0.5) is 27.6 Å². The molecular weight excluding hydrogens is 409 g/mol. The molecule has 1 unspecified atom stereocenters. The minimum Gasteiger partial charge on any atom is -0.468 e. The van der Waals surface area contributed by atoms with Gasteiger partial charge in [0.05, 0.1) is 35.2 Å². The van der Waals surface area contributed by atoms with E-state index in [0.717, 1.165) is 7.11 Å². The Morgan fingerprint density at radius 3 is 2.17 bits per heavy atom. The number of carbonyl (C=O) groups excluding carboxylic acids is 1. The molecule has 1 aliphatic rings. The molecule has 0 saturated heterocycles. The lowest BCUT2D eigenvalue weighted by Crippen LogP contribution is -2.48. The first kappa shape index (κ1) is 19.9. The molecule has 0 fully saturated rings. The number of aliphatic imine (C=N–C) groups is 1. The van der Waals surface area contributed by atoms with E-state index in [0.29, 0.717) is 5.52 Å². The van der Waals surface area contributed by atoms with Gasteiger partial charge in [-0.15, -0.1) is 0 Å². The number of hydrogen-bond donors (Lipinski definition) is 0. The monoisotopic (exact) mass is 421 g/mol. The Morgan fingerprint density at radius 1 is 0.933 bits per heavy atom. The summed E-state index contributed by atoms with van der Waals surface area (Å²) < 4.78 is 73.5. The van der Waals surface area contributed by atoms with Crippen molar-refractivity contribution in [3.05, 3.63) is 54.2 Å². The zero-order chi connectivity index (χ0) is 21.7. The van der Waals surface area contributed by atoms with Crippen LogP contribution in [0.25, 0.3) is 22.3 Å². The maximum atomic E-state index is 14.5. The predicted molar refractivity (Wildman–Crippen MR) is 97.8 cm³/mol. The summed E-state index contributed by atoms with van der Waals surface area (Å²) >= 11 is 0. The lowest BCUT2D eigenvalue weighted by Gasteiger charge is -2.25. The molecule has 0 saturated carbocycles. The van der Waals surface area contributed by atoms with E-state index in [9.17, 15) is 26.7 Å². The molecule has 1 aromatic heterocycles. The Balaban J connectivity index is 2.13. The van der Waals surface area contributed by atoms with E-state index in [1.54, 1.807) is 24.3 Å². The van der Waals surface area contributed by atoms with Gasteiger partial charge in [0.2, 0.25) is 0 Å². The van der Waals surface area contributed by atoms with Gasteiger partial charge in [0, 0.05) is 5.56 Å². The number of para-hydroxylation sites is 3. The molecule has 0 bridgehead atoms. The van der Waals surface area contributed by atoms with Crippen LogP contribution in [0.5, 0.6) is 0 Å². The van der Waals surface area contributed by atoms with Crippen molar-refractivity contribution in [3.8, 4) is 11.3 Å². The lowest BCUT2D eigenvalue weighted by atomic mass is 9.91. The Morgan fingerprint density at radius 2 is 1.53 bits per heavy atom. The average Bonchev–Trinajstić information content (AvgIpc) is 2.85. The number of hydrogen-bond acceptors (Lipinski definition) is 5. The van der Waals surface area contributed by atoms with Crippen molar-refractivity contribution in [2.24, 2.45) is 4.99 Å². The fourth-order valence-electron chi connectivity index (χ4n) is 3.25. The van der Waals surface area contributed by atoms with Crippen molar-refractivity contribution in [2.75, 3.05) is 7.11 Å². The van der Waals surface area contributed by atoms with Gasteiger partial charge in [0.25, 0.3) is 0 Å². The van der Waals surface area contributed by atoms with E-state index in [1.807, 2.05) is 0 Å². The number of alkyl halides is 5. The number of ether oxygens (including phenoxy) is 1. The minimum atomic E-state index is -5.98. The van der Waals surface area contributed by atoms with E-state index in [4.69, 9.17) is 0 Å². The van der Waals surface area contributed by atoms with E-state index >= 15 is 0 Å². The van der Waals surface area contributed by atoms with E-state index in [1.165, 1.54) is 24.3 Å². The normalized spacial score (nSPS) is 16.3. The van der Waals surface area contributed by atoms with Crippen LogP contribution in [0.1, 0.15) is 11.6 Å². The van der Waals surface area contributed by atoms with Crippen LogP contribution in [-0.4, -0.2) is 40.9 Å². The summed E-state index contributed by atoms with van der Waals surface area (Å²) in [5.41, 5.74) is -1.52. The topological polar surface area (TPSA) is 64.4 Å². The number of halogens is 5. The largest absolute Gasteiger partial charge is 0.468 e. The third-order valence-corrected chi connectivity index (χ3v) is 4.66. The summed E-state index contributed by atoms with van der Waals surface area (Å²) in [6, 6.07) is 12.1. The van der Waals surface area contributed by atoms with Gasteiger partial charge < -0.3 is 4.74 Å². The molecule has 10 heteroatoms. The molecule has 4 rings (SSSR count). The minimum absolute atomic E-state index is 0.0172. The fourth-order valence-corrected chi connectivity index (χ4v) is 3.25. The second kappa shape index (κ2) is 6.82. The molecule has 30 heavy (non-hydrogen) atoms. The molecule has 1 aliphatic heterocycles. The second-order valence-corrected chi connectivity index (χ2v) is 6.49. The highest BCUT2D eigenvalue weighted by Gasteiger charge is 2.64. The second-order valence-electron chi connectivity index (χ2n) is 6.49. The summed E-state index contributed by atoms with van der Waals surface area (Å²) in [5.74, 6) is -8.96. The number of rotatable bonds is 2. The Kier molecular flexibility index (Phi) is 4.52. The van der Waals surface area contributed by atoms with Gasteiger partial charge in [0.15, 0.2) is 0 Å². The zero-order valence-electron chi connectivity index (χ0n) is 15.2. The highest BCUT2D eigenvalue weighted by atomic mass is 19.4. The summed E-state index contributed by atoms with van der Waals surface area (Å²) in [7, 11) is 0.887. The van der Waals surface area contributed by atoms with E-state index < -0.39 is 29.7 Å². The van der Waals surface area contributed by atoms with Gasteiger partial charge in [-0.25, -0.2) is 15.0 Å². The first-order chi connectivity index (χ1) is 14.1. The number of benzene rings is 2.